The Morgan fingerprint density at radius 2 is 1.76 bits per heavy atom. The summed E-state index contributed by atoms with van der Waals surface area (Å²) in [5.74, 6) is -3.42. The number of imide groups is 1. The third-order valence-corrected chi connectivity index (χ3v) is 2.23. The quantitative estimate of drug-likeness (QED) is 0.572. The van der Waals surface area contributed by atoms with E-state index in [9.17, 15) is 18.4 Å². The predicted molar refractivity (Wildman–Crippen MR) is 54.1 cm³/mol. The third-order valence-electron chi connectivity index (χ3n) is 2.23. The van der Waals surface area contributed by atoms with Crippen molar-refractivity contribution in [2.24, 2.45) is 0 Å². The summed E-state index contributed by atoms with van der Waals surface area (Å²) in [7, 11) is 0. The van der Waals surface area contributed by atoms with Crippen molar-refractivity contribution in [1.29, 1.82) is 0 Å². The van der Waals surface area contributed by atoms with Gasteiger partial charge in [0.2, 0.25) is 0 Å². The van der Waals surface area contributed by atoms with Crippen molar-refractivity contribution in [3.63, 3.8) is 0 Å². The standard InChI is InChI=1S/C10H8F2N2O3/c11-5-1-6(12)10(7(13)2-5)14-8(15)3-17-4-9(14)16/h1-2H,3-4,13H2. The number of carbonyl (C=O) groups excluding carboxylic acids is 2. The fourth-order valence-electron chi connectivity index (χ4n) is 1.57. The van der Waals surface area contributed by atoms with Gasteiger partial charge in [0.25, 0.3) is 11.8 Å². The van der Waals surface area contributed by atoms with Crippen LogP contribution in [0.1, 0.15) is 0 Å². The van der Waals surface area contributed by atoms with Crippen LogP contribution in [0.4, 0.5) is 20.2 Å². The maximum atomic E-state index is 13.5. The summed E-state index contributed by atoms with van der Waals surface area (Å²) in [5, 5.41) is 0. The number of morpholine rings is 1. The second-order valence-electron chi connectivity index (χ2n) is 3.44. The first kappa shape index (κ1) is 11.5. The lowest BCUT2D eigenvalue weighted by Gasteiger charge is -2.26. The zero-order valence-electron chi connectivity index (χ0n) is 8.57. The van der Waals surface area contributed by atoms with Crippen LogP contribution in [0.5, 0.6) is 0 Å². The highest BCUT2D eigenvalue weighted by Gasteiger charge is 2.32. The Bertz CT molecular complexity index is 465. The molecule has 0 aliphatic carbocycles. The minimum absolute atomic E-state index is 0.314. The highest BCUT2D eigenvalue weighted by Crippen LogP contribution is 2.29. The van der Waals surface area contributed by atoms with E-state index in [1.165, 1.54) is 0 Å². The van der Waals surface area contributed by atoms with E-state index in [4.69, 9.17) is 5.73 Å². The molecule has 7 heteroatoms. The SMILES string of the molecule is Nc1cc(F)cc(F)c1N1C(=O)COCC1=O. The molecule has 2 amide bonds. The van der Waals surface area contributed by atoms with Gasteiger partial charge in [-0.3, -0.25) is 9.59 Å². The first-order chi connectivity index (χ1) is 8.00. The summed E-state index contributed by atoms with van der Waals surface area (Å²) in [6.45, 7) is -0.690. The molecule has 0 atom stereocenters. The van der Waals surface area contributed by atoms with Gasteiger partial charge in [-0.25, -0.2) is 13.7 Å². The molecule has 5 nitrogen and oxygen atoms in total. The van der Waals surface area contributed by atoms with Crippen LogP contribution in [0.3, 0.4) is 0 Å². The fraction of sp³-hybridized carbons (Fsp3) is 0.200. The molecule has 1 aliphatic rings. The van der Waals surface area contributed by atoms with Gasteiger partial charge in [-0.15, -0.1) is 0 Å². The van der Waals surface area contributed by atoms with Crippen molar-refractivity contribution in [2.75, 3.05) is 23.8 Å². The van der Waals surface area contributed by atoms with Crippen LogP contribution in [-0.2, 0) is 14.3 Å². The molecule has 0 saturated carbocycles. The van der Waals surface area contributed by atoms with Gasteiger partial charge >= 0.3 is 0 Å². The van der Waals surface area contributed by atoms with Crippen LogP contribution >= 0.6 is 0 Å². The van der Waals surface area contributed by atoms with E-state index in [-0.39, 0.29) is 18.9 Å². The predicted octanol–water partition coefficient (Wildman–Crippen LogP) is 0.437. The number of halogens is 2. The van der Waals surface area contributed by atoms with Crippen LogP contribution in [0.15, 0.2) is 12.1 Å². The van der Waals surface area contributed by atoms with Gasteiger partial charge in [0.15, 0.2) is 5.82 Å². The molecule has 17 heavy (non-hydrogen) atoms. The molecule has 0 unspecified atom stereocenters. The molecule has 1 aliphatic heterocycles. The van der Waals surface area contributed by atoms with Gasteiger partial charge in [0.1, 0.15) is 24.7 Å². The molecule has 1 heterocycles. The summed E-state index contributed by atoms with van der Waals surface area (Å²) in [5.41, 5.74) is 4.67. The van der Waals surface area contributed by atoms with Crippen LogP contribution in [-0.4, -0.2) is 25.0 Å². The maximum absolute atomic E-state index is 13.5. The molecule has 0 spiro atoms. The van der Waals surface area contributed by atoms with E-state index in [1.807, 2.05) is 0 Å². The van der Waals surface area contributed by atoms with Gasteiger partial charge in [0, 0.05) is 6.07 Å². The molecule has 2 N–H and O–H groups in total. The lowest BCUT2D eigenvalue weighted by atomic mass is 10.2. The van der Waals surface area contributed by atoms with E-state index in [0.717, 1.165) is 6.07 Å². The summed E-state index contributed by atoms with van der Waals surface area (Å²) in [6.07, 6.45) is 0. The lowest BCUT2D eigenvalue weighted by Crippen LogP contribution is -2.47. The Morgan fingerprint density at radius 1 is 1.18 bits per heavy atom. The second kappa shape index (κ2) is 4.10. The number of amides is 2. The normalized spacial score (nSPS) is 16.5. The molecule has 2 rings (SSSR count). The number of carbonyl (C=O) groups is 2. The van der Waals surface area contributed by atoms with Crippen molar-refractivity contribution >= 4 is 23.2 Å². The zero-order chi connectivity index (χ0) is 12.6. The summed E-state index contributed by atoms with van der Waals surface area (Å²) < 4.78 is 31.0. The molecule has 0 bridgehead atoms. The number of hydrogen-bond acceptors (Lipinski definition) is 4. The minimum atomic E-state index is -1.06. The topological polar surface area (TPSA) is 72.6 Å². The monoisotopic (exact) mass is 242 g/mol. The van der Waals surface area contributed by atoms with Crippen LogP contribution in [0.2, 0.25) is 0 Å². The number of anilines is 2. The highest BCUT2D eigenvalue weighted by molar-refractivity contribution is 6.18. The molecule has 0 aromatic heterocycles. The zero-order valence-corrected chi connectivity index (χ0v) is 8.57. The van der Waals surface area contributed by atoms with E-state index in [2.05, 4.69) is 4.74 Å². The first-order valence-electron chi connectivity index (χ1n) is 4.68. The van der Waals surface area contributed by atoms with Crippen molar-refractivity contribution in [3.05, 3.63) is 23.8 Å². The number of benzene rings is 1. The smallest absolute Gasteiger partial charge is 0.260 e. The number of nitrogens with two attached hydrogens (primary N) is 1. The molecule has 1 fully saturated rings. The van der Waals surface area contributed by atoms with Gasteiger partial charge in [0.05, 0.1) is 5.69 Å². The average molecular weight is 242 g/mol. The van der Waals surface area contributed by atoms with Gasteiger partial charge in [-0.05, 0) is 6.07 Å². The molecule has 1 aromatic carbocycles. The number of rotatable bonds is 1. The average Bonchev–Trinajstić information content (AvgIpc) is 2.21. The van der Waals surface area contributed by atoms with Gasteiger partial charge in [-0.1, -0.05) is 0 Å². The van der Waals surface area contributed by atoms with Crippen molar-refractivity contribution in [2.45, 2.75) is 0 Å². The number of hydrogen-bond donors (Lipinski definition) is 1. The first-order valence-corrected chi connectivity index (χ1v) is 4.68. The lowest BCUT2D eigenvalue weighted by molar-refractivity contribution is -0.138. The molecule has 90 valence electrons. The highest BCUT2D eigenvalue weighted by atomic mass is 19.1. The third kappa shape index (κ3) is 1.96. The second-order valence-corrected chi connectivity index (χ2v) is 3.44. The summed E-state index contributed by atoms with van der Waals surface area (Å²) >= 11 is 0. The van der Waals surface area contributed by atoms with E-state index in [0.29, 0.717) is 11.0 Å². The van der Waals surface area contributed by atoms with Crippen molar-refractivity contribution in [3.8, 4) is 0 Å². The van der Waals surface area contributed by atoms with Crippen LogP contribution < -0.4 is 10.6 Å². The van der Waals surface area contributed by atoms with Gasteiger partial charge < -0.3 is 10.5 Å². The Morgan fingerprint density at radius 3 is 2.29 bits per heavy atom. The minimum Gasteiger partial charge on any atom is -0.397 e. The molecule has 1 saturated heterocycles. The molecular weight excluding hydrogens is 234 g/mol. The number of nitrogen functional groups attached to an aromatic ring is 1. The molecule has 0 radical (unpaired) electrons. The summed E-state index contributed by atoms with van der Waals surface area (Å²) in [4.78, 5) is 23.5. The molecular formula is C10H8F2N2O3. The Kier molecular flexibility index (Phi) is 2.76. The van der Waals surface area contributed by atoms with E-state index >= 15 is 0 Å². The number of nitrogens with zero attached hydrogens (tertiary/aromatic N) is 1. The Balaban J connectivity index is 2.52. The van der Waals surface area contributed by atoms with Gasteiger partial charge in [-0.2, -0.15) is 0 Å². The van der Waals surface area contributed by atoms with E-state index in [1.54, 1.807) is 0 Å². The fourth-order valence-corrected chi connectivity index (χ4v) is 1.57. The largest absolute Gasteiger partial charge is 0.397 e. The van der Waals surface area contributed by atoms with Crippen molar-refractivity contribution in [1.82, 2.24) is 0 Å². The summed E-state index contributed by atoms with van der Waals surface area (Å²) in [6, 6.07) is 1.40. The maximum Gasteiger partial charge on any atom is 0.260 e. The van der Waals surface area contributed by atoms with E-state index < -0.39 is 29.1 Å². The Hall–Kier alpha value is -2.02. The molecule has 1 aromatic rings. The van der Waals surface area contributed by atoms with Crippen LogP contribution in [0.25, 0.3) is 0 Å². The number of ether oxygens (including phenoxy) is 1. The van der Waals surface area contributed by atoms with Crippen molar-refractivity contribution < 1.29 is 23.1 Å². The Labute approximate surface area is 94.8 Å². The van der Waals surface area contributed by atoms with Crippen LogP contribution in [0, 0.1) is 11.6 Å².